The second-order valence-corrected chi connectivity index (χ2v) is 5.51. The lowest BCUT2D eigenvalue weighted by Gasteiger charge is -2.33. The summed E-state index contributed by atoms with van der Waals surface area (Å²) >= 11 is 1.71. The van der Waals surface area contributed by atoms with Crippen LogP contribution in [0.4, 0.5) is 0 Å². The molecule has 0 radical (unpaired) electrons. The Kier molecular flexibility index (Phi) is 4.85. The number of nitrogens with zero attached hydrogens (tertiary/aromatic N) is 2. The molecule has 1 fully saturated rings. The zero-order valence-corrected chi connectivity index (χ0v) is 11.9. The van der Waals surface area contributed by atoms with Crippen LogP contribution in [0.1, 0.15) is 6.92 Å². The van der Waals surface area contributed by atoms with Crippen LogP contribution < -0.4 is 0 Å². The number of carbonyl (C=O) groups is 2. The van der Waals surface area contributed by atoms with Gasteiger partial charge in [0.05, 0.1) is 0 Å². The molecule has 1 heterocycles. The van der Waals surface area contributed by atoms with Crippen molar-refractivity contribution in [2.45, 2.75) is 11.8 Å². The van der Waals surface area contributed by atoms with Gasteiger partial charge in [0.1, 0.15) is 0 Å². The van der Waals surface area contributed by atoms with E-state index in [2.05, 4.69) is 0 Å². The maximum absolute atomic E-state index is 11.9. The van der Waals surface area contributed by atoms with E-state index < -0.39 is 0 Å². The van der Waals surface area contributed by atoms with E-state index in [1.54, 1.807) is 21.6 Å². The van der Waals surface area contributed by atoms with Crippen LogP contribution in [0.15, 0.2) is 35.2 Å². The molecule has 0 aliphatic carbocycles. The summed E-state index contributed by atoms with van der Waals surface area (Å²) in [5, 5.41) is 0. The average Bonchev–Trinajstić information content (AvgIpc) is 2.45. The van der Waals surface area contributed by atoms with Gasteiger partial charge in [0.2, 0.25) is 0 Å². The third-order valence-electron chi connectivity index (χ3n) is 3.15. The van der Waals surface area contributed by atoms with Crippen LogP contribution >= 0.6 is 11.8 Å². The molecule has 0 bridgehead atoms. The predicted molar refractivity (Wildman–Crippen MR) is 76.0 cm³/mol. The summed E-state index contributed by atoms with van der Waals surface area (Å²) in [5.74, 6) is 0.0926. The van der Waals surface area contributed by atoms with Gasteiger partial charge in [-0.05, 0) is 19.1 Å². The number of likely N-dealkylation sites (N-methyl/N-ethyl adjacent to an activating group) is 1. The quantitative estimate of drug-likeness (QED) is 0.605. The molecule has 0 saturated carbocycles. The molecule has 1 aliphatic heterocycles. The number of amides is 2. The van der Waals surface area contributed by atoms with Crippen LogP contribution in [0.3, 0.4) is 0 Å². The summed E-state index contributed by atoms with van der Waals surface area (Å²) in [5.41, 5.74) is 0. The molecule has 102 valence electrons. The maximum Gasteiger partial charge on any atom is 0.312 e. The van der Waals surface area contributed by atoms with Gasteiger partial charge in [0.15, 0.2) is 0 Å². The number of carbonyl (C=O) groups excluding carboxylic acids is 2. The van der Waals surface area contributed by atoms with Crippen LogP contribution in [0.5, 0.6) is 0 Å². The Hall–Kier alpha value is -1.49. The van der Waals surface area contributed by atoms with Crippen LogP contribution in [-0.2, 0) is 9.59 Å². The lowest BCUT2D eigenvalue weighted by atomic mass is 10.3. The largest absolute Gasteiger partial charge is 0.333 e. The van der Waals surface area contributed by atoms with Gasteiger partial charge in [-0.2, -0.15) is 0 Å². The van der Waals surface area contributed by atoms with E-state index in [4.69, 9.17) is 0 Å². The van der Waals surface area contributed by atoms with Crippen LogP contribution in [0, 0.1) is 0 Å². The molecule has 0 N–H and O–H groups in total. The first-order valence-electron chi connectivity index (χ1n) is 6.48. The van der Waals surface area contributed by atoms with Crippen molar-refractivity contribution in [2.75, 3.05) is 31.9 Å². The zero-order valence-electron chi connectivity index (χ0n) is 11.0. The molecule has 2 amide bonds. The fourth-order valence-electron chi connectivity index (χ4n) is 2.02. The second kappa shape index (κ2) is 6.61. The summed E-state index contributed by atoms with van der Waals surface area (Å²) in [6.07, 6.45) is 0. The first-order chi connectivity index (χ1) is 9.22. The predicted octanol–water partition coefficient (Wildman–Crippen LogP) is 1.47. The highest BCUT2D eigenvalue weighted by atomic mass is 32.2. The van der Waals surface area contributed by atoms with Gasteiger partial charge >= 0.3 is 11.8 Å². The van der Waals surface area contributed by atoms with Crippen molar-refractivity contribution in [3.05, 3.63) is 30.3 Å². The minimum atomic E-state index is -0.363. The van der Waals surface area contributed by atoms with E-state index >= 15 is 0 Å². The van der Waals surface area contributed by atoms with E-state index in [9.17, 15) is 9.59 Å². The van der Waals surface area contributed by atoms with E-state index in [0.717, 1.165) is 5.75 Å². The lowest BCUT2D eigenvalue weighted by molar-refractivity contribution is -0.155. The van der Waals surface area contributed by atoms with Crippen LogP contribution in [0.25, 0.3) is 0 Å². The van der Waals surface area contributed by atoms with Gasteiger partial charge < -0.3 is 9.80 Å². The fourth-order valence-corrected chi connectivity index (χ4v) is 2.92. The molecule has 0 atom stereocenters. The Morgan fingerprint density at radius 1 is 1.05 bits per heavy atom. The molecule has 1 aromatic carbocycles. The highest BCUT2D eigenvalue weighted by Gasteiger charge is 2.30. The van der Waals surface area contributed by atoms with Crippen molar-refractivity contribution in [2.24, 2.45) is 0 Å². The molecule has 5 heteroatoms. The number of hydrogen-bond donors (Lipinski definition) is 0. The van der Waals surface area contributed by atoms with Crippen molar-refractivity contribution in [3.63, 3.8) is 0 Å². The normalized spacial score (nSPS) is 16.1. The van der Waals surface area contributed by atoms with Gasteiger partial charge in [-0.1, -0.05) is 18.2 Å². The number of rotatable bonds is 5. The van der Waals surface area contributed by atoms with Crippen molar-refractivity contribution in [1.29, 1.82) is 0 Å². The summed E-state index contributed by atoms with van der Waals surface area (Å²) in [7, 11) is 0. The summed E-state index contributed by atoms with van der Waals surface area (Å²) in [6, 6.07) is 10.1. The Balaban J connectivity index is 1.81. The van der Waals surface area contributed by atoms with Crippen molar-refractivity contribution < 1.29 is 9.59 Å². The SMILES string of the molecule is CCN1CCN(CCSc2ccccc2)C(=O)C1=O. The number of piperazine rings is 1. The highest BCUT2D eigenvalue weighted by Crippen LogP contribution is 2.17. The van der Waals surface area contributed by atoms with Gasteiger partial charge in [0.25, 0.3) is 0 Å². The van der Waals surface area contributed by atoms with Crippen LogP contribution in [0.2, 0.25) is 0 Å². The molecule has 0 unspecified atom stereocenters. The monoisotopic (exact) mass is 278 g/mol. The van der Waals surface area contributed by atoms with E-state index in [1.165, 1.54) is 4.90 Å². The third kappa shape index (κ3) is 3.50. The van der Waals surface area contributed by atoms with Crippen molar-refractivity contribution in [1.82, 2.24) is 9.80 Å². The zero-order chi connectivity index (χ0) is 13.7. The fraction of sp³-hybridized carbons (Fsp3) is 0.429. The molecular formula is C14H18N2O2S. The van der Waals surface area contributed by atoms with Crippen molar-refractivity contribution in [3.8, 4) is 0 Å². The Labute approximate surface area is 117 Å². The third-order valence-corrected chi connectivity index (χ3v) is 4.14. The van der Waals surface area contributed by atoms with Gasteiger partial charge in [-0.15, -0.1) is 11.8 Å². The smallest absolute Gasteiger partial charge is 0.312 e. The Morgan fingerprint density at radius 2 is 1.68 bits per heavy atom. The molecule has 0 aromatic heterocycles. The number of benzene rings is 1. The number of hydrogen-bond acceptors (Lipinski definition) is 3. The topological polar surface area (TPSA) is 40.6 Å². The van der Waals surface area contributed by atoms with Crippen LogP contribution in [-0.4, -0.2) is 53.5 Å². The molecule has 19 heavy (non-hydrogen) atoms. The summed E-state index contributed by atoms with van der Waals surface area (Å²) in [6.45, 7) is 4.43. The molecule has 1 saturated heterocycles. The average molecular weight is 278 g/mol. The van der Waals surface area contributed by atoms with E-state index in [0.29, 0.717) is 26.2 Å². The molecule has 0 spiro atoms. The standard InChI is InChI=1S/C14H18N2O2S/c1-2-15-8-9-16(14(18)13(15)17)10-11-19-12-6-4-3-5-7-12/h3-7H,2,8-11H2,1H3. The summed E-state index contributed by atoms with van der Waals surface area (Å²) < 4.78 is 0. The Morgan fingerprint density at radius 3 is 2.37 bits per heavy atom. The first kappa shape index (κ1) is 13.9. The number of thioether (sulfide) groups is 1. The van der Waals surface area contributed by atoms with Gasteiger partial charge in [-0.25, -0.2) is 0 Å². The van der Waals surface area contributed by atoms with Crippen molar-refractivity contribution >= 4 is 23.6 Å². The Bertz CT molecular complexity index is 450. The maximum atomic E-state index is 11.9. The molecule has 1 aliphatic rings. The minimum absolute atomic E-state index is 0.359. The summed E-state index contributed by atoms with van der Waals surface area (Å²) in [4.78, 5) is 28.0. The van der Waals surface area contributed by atoms with Gasteiger partial charge in [0, 0.05) is 36.8 Å². The molecule has 1 aromatic rings. The lowest BCUT2D eigenvalue weighted by Crippen LogP contribution is -2.54. The first-order valence-corrected chi connectivity index (χ1v) is 7.47. The van der Waals surface area contributed by atoms with Gasteiger partial charge in [-0.3, -0.25) is 9.59 Å². The van der Waals surface area contributed by atoms with E-state index in [-0.39, 0.29) is 11.8 Å². The second-order valence-electron chi connectivity index (χ2n) is 4.34. The molecule has 4 nitrogen and oxygen atoms in total. The highest BCUT2D eigenvalue weighted by molar-refractivity contribution is 7.99. The van der Waals surface area contributed by atoms with E-state index in [1.807, 2.05) is 37.3 Å². The molecule has 2 rings (SSSR count). The molecular weight excluding hydrogens is 260 g/mol. The minimum Gasteiger partial charge on any atom is -0.333 e.